The smallest absolute Gasteiger partial charge is 0.335 e. The molecule has 5 heteroatoms. The molecule has 1 aromatic rings. The number of carboxylic acid groups (broad SMARTS) is 1. The lowest BCUT2D eigenvalue weighted by molar-refractivity contribution is 0.0696. The molecular formula is C12H15NO4. The van der Waals surface area contributed by atoms with Crippen molar-refractivity contribution in [1.29, 1.82) is 0 Å². The summed E-state index contributed by atoms with van der Waals surface area (Å²) in [5, 5.41) is 18.1. The van der Waals surface area contributed by atoms with Crippen LogP contribution in [-0.4, -0.2) is 42.5 Å². The van der Waals surface area contributed by atoms with E-state index in [1.807, 2.05) is 6.07 Å². The SMILES string of the molecule is O=C(O)c1cc(CO)cc(N2CCOCC2)c1. The van der Waals surface area contributed by atoms with E-state index in [-0.39, 0.29) is 12.2 Å². The van der Waals surface area contributed by atoms with E-state index < -0.39 is 5.97 Å². The zero-order chi connectivity index (χ0) is 12.3. The minimum absolute atomic E-state index is 0.154. The van der Waals surface area contributed by atoms with Gasteiger partial charge in [0.05, 0.1) is 25.4 Å². The van der Waals surface area contributed by atoms with Gasteiger partial charge in [-0.05, 0) is 23.8 Å². The molecule has 1 aliphatic rings. The summed E-state index contributed by atoms with van der Waals surface area (Å²) < 4.78 is 5.25. The van der Waals surface area contributed by atoms with E-state index in [0.717, 1.165) is 18.8 Å². The maximum atomic E-state index is 11.0. The zero-order valence-corrected chi connectivity index (χ0v) is 9.43. The van der Waals surface area contributed by atoms with E-state index in [4.69, 9.17) is 14.9 Å². The maximum Gasteiger partial charge on any atom is 0.335 e. The van der Waals surface area contributed by atoms with Gasteiger partial charge in [0.15, 0.2) is 0 Å². The topological polar surface area (TPSA) is 70.0 Å². The number of aromatic carboxylic acids is 1. The molecule has 0 radical (unpaired) electrons. The van der Waals surface area contributed by atoms with Gasteiger partial charge in [-0.2, -0.15) is 0 Å². The van der Waals surface area contributed by atoms with Gasteiger partial charge in [-0.1, -0.05) is 0 Å². The number of carboxylic acids is 1. The van der Waals surface area contributed by atoms with Crippen molar-refractivity contribution in [3.63, 3.8) is 0 Å². The fraction of sp³-hybridized carbons (Fsp3) is 0.417. The molecule has 0 bridgehead atoms. The lowest BCUT2D eigenvalue weighted by Crippen LogP contribution is -2.36. The summed E-state index contributed by atoms with van der Waals surface area (Å²) in [5.74, 6) is -0.977. The third kappa shape index (κ3) is 2.75. The van der Waals surface area contributed by atoms with E-state index in [1.165, 1.54) is 6.07 Å². The van der Waals surface area contributed by atoms with Crippen molar-refractivity contribution in [1.82, 2.24) is 0 Å². The van der Waals surface area contributed by atoms with Gasteiger partial charge in [0.1, 0.15) is 0 Å². The quantitative estimate of drug-likeness (QED) is 0.810. The predicted molar refractivity (Wildman–Crippen MR) is 62.4 cm³/mol. The van der Waals surface area contributed by atoms with Crippen molar-refractivity contribution in [3.8, 4) is 0 Å². The Labute approximate surface area is 99.2 Å². The minimum atomic E-state index is -0.977. The molecule has 1 heterocycles. The van der Waals surface area contributed by atoms with E-state index in [9.17, 15) is 4.79 Å². The van der Waals surface area contributed by atoms with E-state index in [1.54, 1.807) is 6.07 Å². The highest BCUT2D eigenvalue weighted by Crippen LogP contribution is 2.20. The Bertz CT molecular complexity index is 413. The van der Waals surface area contributed by atoms with Gasteiger partial charge in [-0.3, -0.25) is 0 Å². The highest BCUT2D eigenvalue weighted by Gasteiger charge is 2.14. The Morgan fingerprint density at radius 1 is 1.29 bits per heavy atom. The normalized spacial score (nSPS) is 15.9. The third-order valence-corrected chi connectivity index (χ3v) is 2.78. The number of hydrogen-bond acceptors (Lipinski definition) is 4. The number of nitrogens with zero attached hydrogens (tertiary/aromatic N) is 1. The molecule has 1 saturated heterocycles. The number of benzene rings is 1. The van der Waals surface area contributed by atoms with Gasteiger partial charge in [0.25, 0.3) is 0 Å². The van der Waals surface area contributed by atoms with Crippen LogP contribution in [0.15, 0.2) is 18.2 Å². The summed E-state index contributed by atoms with van der Waals surface area (Å²) in [4.78, 5) is 13.0. The van der Waals surface area contributed by atoms with Crippen molar-refractivity contribution < 1.29 is 19.7 Å². The molecule has 5 nitrogen and oxygen atoms in total. The first-order valence-corrected chi connectivity index (χ1v) is 5.51. The van der Waals surface area contributed by atoms with Gasteiger partial charge in [0.2, 0.25) is 0 Å². The van der Waals surface area contributed by atoms with Crippen molar-refractivity contribution in [2.75, 3.05) is 31.2 Å². The van der Waals surface area contributed by atoms with Crippen LogP contribution in [0.2, 0.25) is 0 Å². The number of morpholine rings is 1. The maximum absolute atomic E-state index is 11.0. The summed E-state index contributed by atoms with van der Waals surface area (Å²) in [5.41, 5.74) is 1.65. The molecule has 17 heavy (non-hydrogen) atoms. The molecule has 0 aromatic heterocycles. The molecule has 0 saturated carbocycles. The lowest BCUT2D eigenvalue weighted by atomic mass is 10.1. The van der Waals surface area contributed by atoms with Crippen LogP contribution in [0.3, 0.4) is 0 Å². The lowest BCUT2D eigenvalue weighted by Gasteiger charge is -2.29. The highest BCUT2D eigenvalue weighted by molar-refractivity contribution is 5.89. The summed E-state index contributed by atoms with van der Waals surface area (Å²) in [7, 11) is 0. The first-order valence-electron chi connectivity index (χ1n) is 5.51. The minimum Gasteiger partial charge on any atom is -0.478 e. The van der Waals surface area contributed by atoms with Crippen LogP contribution >= 0.6 is 0 Å². The second kappa shape index (κ2) is 5.16. The van der Waals surface area contributed by atoms with Gasteiger partial charge < -0.3 is 19.8 Å². The third-order valence-electron chi connectivity index (χ3n) is 2.78. The molecule has 1 aliphatic heterocycles. The number of ether oxygens (including phenoxy) is 1. The fourth-order valence-corrected chi connectivity index (χ4v) is 1.89. The molecular weight excluding hydrogens is 222 g/mol. The van der Waals surface area contributed by atoms with Crippen molar-refractivity contribution in [2.24, 2.45) is 0 Å². The molecule has 1 fully saturated rings. The molecule has 2 N–H and O–H groups in total. The molecule has 0 unspecified atom stereocenters. The Morgan fingerprint density at radius 3 is 2.59 bits per heavy atom. The first-order chi connectivity index (χ1) is 8.20. The van der Waals surface area contributed by atoms with Gasteiger partial charge in [-0.25, -0.2) is 4.79 Å². The summed E-state index contributed by atoms with van der Waals surface area (Å²) >= 11 is 0. The van der Waals surface area contributed by atoms with Gasteiger partial charge in [-0.15, -0.1) is 0 Å². The number of rotatable bonds is 3. The Hall–Kier alpha value is -1.59. The second-order valence-electron chi connectivity index (χ2n) is 3.95. The first kappa shape index (κ1) is 11.9. The average molecular weight is 237 g/mol. The van der Waals surface area contributed by atoms with Crippen LogP contribution in [-0.2, 0) is 11.3 Å². The standard InChI is InChI=1S/C12H15NO4/c14-8-9-5-10(12(15)16)7-11(6-9)13-1-3-17-4-2-13/h5-7,14H,1-4,8H2,(H,15,16). The highest BCUT2D eigenvalue weighted by atomic mass is 16.5. The number of anilines is 1. The van der Waals surface area contributed by atoms with Crippen molar-refractivity contribution >= 4 is 11.7 Å². The van der Waals surface area contributed by atoms with Crippen LogP contribution < -0.4 is 4.90 Å². The Kier molecular flexibility index (Phi) is 3.61. The monoisotopic (exact) mass is 237 g/mol. The fourth-order valence-electron chi connectivity index (χ4n) is 1.89. The van der Waals surface area contributed by atoms with Gasteiger partial charge in [0, 0.05) is 18.8 Å². The summed E-state index contributed by atoms with van der Waals surface area (Å²) in [6, 6.07) is 4.94. The average Bonchev–Trinajstić information content (AvgIpc) is 2.39. The Balaban J connectivity index is 2.31. The molecule has 0 aliphatic carbocycles. The van der Waals surface area contributed by atoms with Gasteiger partial charge >= 0.3 is 5.97 Å². The van der Waals surface area contributed by atoms with Crippen LogP contribution in [0.1, 0.15) is 15.9 Å². The van der Waals surface area contributed by atoms with E-state index >= 15 is 0 Å². The van der Waals surface area contributed by atoms with Crippen LogP contribution in [0, 0.1) is 0 Å². The molecule has 0 atom stereocenters. The molecule has 0 amide bonds. The molecule has 1 aromatic carbocycles. The number of aliphatic hydroxyl groups is 1. The predicted octanol–water partition coefficient (Wildman–Crippen LogP) is 0.714. The molecule has 92 valence electrons. The van der Waals surface area contributed by atoms with Crippen LogP contribution in [0.5, 0.6) is 0 Å². The van der Waals surface area contributed by atoms with Crippen molar-refractivity contribution in [3.05, 3.63) is 29.3 Å². The summed E-state index contributed by atoms with van der Waals surface area (Å²) in [6.45, 7) is 2.62. The van der Waals surface area contributed by atoms with E-state index in [0.29, 0.717) is 18.8 Å². The zero-order valence-electron chi connectivity index (χ0n) is 9.43. The largest absolute Gasteiger partial charge is 0.478 e. The second-order valence-corrected chi connectivity index (χ2v) is 3.95. The van der Waals surface area contributed by atoms with Crippen LogP contribution in [0.25, 0.3) is 0 Å². The number of carbonyl (C=O) groups is 1. The van der Waals surface area contributed by atoms with Crippen LogP contribution in [0.4, 0.5) is 5.69 Å². The summed E-state index contributed by atoms with van der Waals surface area (Å²) in [6.07, 6.45) is 0. The molecule has 0 spiro atoms. The molecule has 2 rings (SSSR count). The van der Waals surface area contributed by atoms with Crippen molar-refractivity contribution in [2.45, 2.75) is 6.61 Å². The van der Waals surface area contributed by atoms with E-state index in [2.05, 4.69) is 4.90 Å². The Morgan fingerprint density at radius 2 is 2.00 bits per heavy atom. The number of aliphatic hydroxyl groups excluding tert-OH is 1. The number of hydrogen-bond donors (Lipinski definition) is 2.